The molecule has 0 atom stereocenters. The van der Waals surface area contributed by atoms with E-state index >= 15 is 0 Å². The fourth-order valence-electron chi connectivity index (χ4n) is 2.90. The zero-order valence-corrected chi connectivity index (χ0v) is 16.0. The van der Waals surface area contributed by atoms with E-state index in [4.69, 9.17) is 16.6 Å². The third-order valence-electron chi connectivity index (χ3n) is 4.19. The Kier molecular flexibility index (Phi) is 5.78. The highest BCUT2D eigenvalue weighted by molar-refractivity contribution is 8.26. The van der Waals surface area contributed by atoms with Gasteiger partial charge in [0.05, 0.1) is 4.91 Å². The number of nitrogens with zero attached hydrogens (tertiary/aromatic N) is 1. The van der Waals surface area contributed by atoms with Crippen molar-refractivity contribution in [1.29, 1.82) is 0 Å². The fraction of sp³-hybridized carbons (Fsp3) is 0.316. The van der Waals surface area contributed by atoms with Crippen LogP contribution in [-0.2, 0) is 16.0 Å². The Balaban J connectivity index is 1.81. The van der Waals surface area contributed by atoms with Crippen LogP contribution in [0.25, 0.3) is 17.0 Å². The Morgan fingerprint density at radius 2 is 2.12 bits per heavy atom. The van der Waals surface area contributed by atoms with Crippen LogP contribution in [-0.4, -0.2) is 27.6 Å². The summed E-state index contributed by atoms with van der Waals surface area (Å²) in [5.74, 6) is -0.375. The lowest BCUT2D eigenvalue weighted by Crippen LogP contribution is -2.29. The molecule has 0 saturated carbocycles. The molecule has 0 radical (unpaired) electrons. The number of unbranched alkanes of at least 4 members (excludes halogenated alkanes) is 1. The van der Waals surface area contributed by atoms with Crippen LogP contribution >= 0.6 is 24.0 Å². The van der Waals surface area contributed by atoms with E-state index in [9.17, 15) is 14.7 Å². The van der Waals surface area contributed by atoms with Gasteiger partial charge in [0.1, 0.15) is 15.7 Å². The molecule has 2 aromatic rings. The number of furan rings is 1. The first kappa shape index (κ1) is 18.7. The van der Waals surface area contributed by atoms with E-state index in [0.29, 0.717) is 28.6 Å². The minimum atomic E-state index is -1.07. The van der Waals surface area contributed by atoms with Crippen molar-refractivity contribution < 1.29 is 19.1 Å². The van der Waals surface area contributed by atoms with E-state index in [2.05, 4.69) is 0 Å². The average molecular weight is 388 g/mol. The Hall–Kier alpha value is -2.12. The number of fused-ring (bicyclic) bond motifs is 1. The molecule has 0 bridgehead atoms. The molecule has 26 heavy (non-hydrogen) atoms. The minimum Gasteiger partial charge on any atom is -0.550 e. The molecular formula is C19H18NO4S2-. The van der Waals surface area contributed by atoms with Gasteiger partial charge in [0, 0.05) is 29.9 Å². The monoisotopic (exact) mass is 388 g/mol. The lowest BCUT2D eigenvalue weighted by Gasteiger charge is -2.14. The molecule has 2 heterocycles. The lowest BCUT2D eigenvalue weighted by atomic mass is 10.1. The predicted octanol–water partition coefficient (Wildman–Crippen LogP) is 3.12. The molecule has 136 valence electrons. The van der Waals surface area contributed by atoms with Gasteiger partial charge < -0.3 is 14.3 Å². The van der Waals surface area contributed by atoms with Crippen molar-refractivity contribution in [3.05, 3.63) is 40.5 Å². The van der Waals surface area contributed by atoms with E-state index < -0.39 is 5.97 Å². The number of carboxylic acid groups (broad SMARTS) is 1. The Morgan fingerprint density at radius 1 is 1.35 bits per heavy atom. The number of carboxylic acids is 1. The number of rotatable bonds is 7. The van der Waals surface area contributed by atoms with Gasteiger partial charge in [-0.25, -0.2) is 0 Å². The molecule has 5 nitrogen and oxygen atoms in total. The summed E-state index contributed by atoms with van der Waals surface area (Å²) >= 11 is 6.59. The Morgan fingerprint density at radius 3 is 2.85 bits per heavy atom. The summed E-state index contributed by atoms with van der Waals surface area (Å²) < 4.78 is 6.38. The molecule has 7 heteroatoms. The molecule has 0 aliphatic carbocycles. The van der Waals surface area contributed by atoms with Crippen molar-refractivity contribution in [1.82, 2.24) is 4.90 Å². The molecule has 0 unspecified atom stereocenters. The highest BCUT2D eigenvalue weighted by atomic mass is 32.2. The topological polar surface area (TPSA) is 73.6 Å². The predicted molar refractivity (Wildman–Crippen MR) is 104 cm³/mol. The van der Waals surface area contributed by atoms with Crippen molar-refractivity contribution in [2.24, 2.45) is 0 Å². The second-order valence-electron chi connectivity index (χ2n) is 5.95. The summed E-state index contributed by atoms with van der Waals surface area (Å²) in [6.07, 6.45) is 3.61. The standard InChI is InChI=1S/C19H19NO4S2/c1-2-14-13(12-7-3-4-8-15(12)24-14)11-16-18(23)20(19(25)26-16)10-6-5-9-17(21)22/h3-4,7-8,11H,2,5-6,9-10H2,1H3,(H,21,22)/p-1/b16-11-. The number of benzene rings is 1. The molecule has 1 saturated heterocycles. The van der Waals surface area contributed by atoms with Gasteiger partial charge in [0.15, 0.2) is 0 Å². The second kappa shape index (κ2) is 8.05. The lowest BCUT2D eigenvalue weighted by molar-refractivity contribution is -0.305. The second-order valence-corrected chi connectivity index (χ2v) is 7.63. The SMILES string of the molecule is CCc1oc2ccccc2c1/C=C1\SC(=S)N(CCCCC(=O)[O-])C1=O. The van der Waals surface area contributed by atoms with Gasteiger partial charge in [-0.05, 0) is 31.4 Å². The molecule has 1 amide bonds. The van der Waals surface area contributed by atoms with E-state index in [0.717, 1.165) is 28.7 Å². The number of hydrogen-bond donors (Lipinski definition) is 0. The van der Waals surface area contributed by atoms with E-state index in [1.54, 1.807) is 0 Å². The number of para-hydroxylation sites is 1. The summed E-state index contributed by atoms with van der Waals surface area (Å²) in [5.41, 5.74) is 1.72. The molecule has 3 rings (SSSR count). The average Bonchev–Trinajstić information content (AvgIpc) is 3.10. The summed E-state index contributed by atoms with van der Waals surface area (Å²) in [7, 11) is 0. The van der Waals surface area contributed by atoms with Crippen molar-refractivity contribution >= 4 is 57.2 Å². The largest absolute Gasteiger partial charge is 0.550 e. The maximum absolute atomic E-state index is 12.7. The summed E-state index contributed by atoms with van der Waals surface area (Å²) in [6.45, 7) is 2.43. The van der Waals surface area contributed by atoms with Gasteiger partial charge in [-0.15, -0.1) is 0 Å². The number of thioether (sulfide) groups is 1. The first-order valence-corrected chi connectivity index (χ1v) is 9.69. The van der Waals surface area contributed by atoms with Gasteiger partial charge in [-0.1, -0.05) is 49.1 Å². The van der Waals surface area contributed by atoms with Crippen LogP contribution in [0.1, 0.15) is 37.5 Å². The van der Waals surface area contributed by atoms with Crippen molar-refractivity contribution in [2.45, 2.75) is 32.6 Å². The van der Waals surface area contributed by atoms with Crippen LogP contribution in [0, 0.1) is 0 Å². The van der Waals surface area contributed by atoms with Gasteiger partial charge in [-0.3, -0.25) is 9.69 Å². The summed E-state index contributed by atoms with van der Waals surface area (Å²) in [4.78, 5) is 25.3. The van der Waals surface area contributed by atoms with Gasteiger partial charge in [0.2, 0.25) is 0 Å². The fourth-order valence-corrected chi connectivity index (χ4v) is 4.19. The molecule has 1 aliphatic rings. The summed E-state index contributed by atoms with van der Waals surface area (Å²) in [6, 6.07) is 7.75. The number of carbonyl (C=O) groups is 2. The first-order valence-electron chi connectivity index (χ1n) is 8.47. The third-order valence-corrected chi connectivity index (χ3v) is 5.57. The van der Waals surface area contributed by atoms with E-state index in [1.165, 1.54) is 16.7 Å². The van der Waals surface area contributed by atoms with Gasteiger partial charge >= 0.3 is 0 Å². The number of aryl methyl sites for hydroxylation is 1. The van der Waals surface area contributed by atoms with Gasteiger partial charge in [0.25, 0.3) is 5.91 Å². The molecular weight excluding hydrogens is 370 g/mol. The smallest absolute Gasteiger partial charge is 0.266 e. The normalized spacial score (nSPS) is 16.2. The van der Waals surface area contributed by atoms with Crippen LogP contribution < -0.4 is 5.11 Å². The summed E-state index contributed by atoms with van der Waals surface area (Å²) in [5, 5.41) is 11.5. The molecule has 1 aromatic carbocycles. The van der Waals surface area contributed by atoms with Crippen LogP contribution in [0.15, 0.2) is 33.6 Å². The zero-order chi connectivity index (χ0) is 18.7. The van der Waals surface area contributed by atoms with Crippen LogP contribution in [0.4, 0.5) is 0 Å². The molecule has 1 aliphatic heterocycles. The van der Waals surface area contributed by atoms with Crippen molar-refractivity contribution in [2.75, 3.05) is 6.54 Å². The zero-order valence-electron chi connectivity index (χ0n) is 14.3. The highest BCUT2D eigenvalue weighted by Crippen LogP contribution is 2.36. The molecule has 0 N–H and O–H groups in total. The van der Waals surface area contributed by atoms with E-state index in [1.807, 2.05) is 37.3 Å². The Bertz CT molecular complexity index is 900. The number of hydrogen-bond acceptors (Lipinski definition) is 6. The number of thiocarbonyl (C=S) groups is 1. The quantitative estimate of drug-likeness (QED) is 0.412. The maximum atomic E-state index is 12.7. The minimum absolute atomic E-state index is 0.00843. The molecule has 1 fully saturated rings. The van der Waals surface area contributed by atoms with Crippen LogP contribution in [0.3, 0.4) is 0 Å². The number of carbonyl (C=O) groups excluding carboxylic acids is 2. The first-order chi connectivity index (χ1) is 12.5. The Labute approximate surface area is 161 Å². The van der Waals surface area contributed by atoms with E-state index in [-0.39, 0.29) is 12.3 Å². The van der Waals surface area contributed by atoms with Crippen molar-refractivity contribution in [3.8, 4) is 0 Å². The van der Waals surface area contributed by atoms with Crippen molar-refractivity contribution in [3.63, 3.8) is 0 Å². The number of aliphatic carboxylic acids is 1. The molecule has 0 spiro atoms. The van der Waals surface area contributed by atoms with Gasteiger partial charge in [-0.2, -0.15) is 0 Å². The third kappa shape index (κ3) is 3.83. The number of amides is 1. The molecule has 1 aromatic heterocycles. The van der Waals surface area contributed by atoms with Crippen LogP contribution in [0.2, 0.25) is 0 Å². The highest BCUT2D eigenvalue weighted by Gasteiger charge is 2.32. The maximum Gasteiger partial charge on any atom is 0.266 e. The van der Waals surface area contributed by atoms with Crippen LogP contribution in [0.5, 0.6) is 0 Å².